The van der Waals surface area contributed by atoms with Gasteiger partial charge in [0, 0.05) is 19.2 Å². The van der Waals surface area contributed by atoms with Gasteiger partial charge in [-0.2, -0.15) is 0 Å². The summed E-state index contributed by atoms with van der Waals surface area (Å²) in [7, 11) is 3.13. The molecule has 0 radical (unpaired) electrons. The molecule has 2 aliphatic heterocycles. The Morgan fingerprint density at radius 1 is 1.21 bits per heavy atom. The summed E-state index contributed by atoms with van der Waals surface area (Å²) < 4.78 is 32.9. The Hall–Kier alpha value is -3.49. The van der Waals surface area contributed by atoms with E-state index >= 15 is 0 Å². The summed E-state index contributed by atoms with van der Waals surface area (Å²) in [5.41, 5.74) is 1.87. The van der Waals surface area contributed by atoms with Gasteiger partial charge in [-0.3, -0.25) is 15.1 Å². The number of amides is 2. The van der Waals surface area contributed by atoms with Crippen LogP contribution in [0.4, 0.5) is 19.3 Å². The Balaban J connectivity index is 1.80. The molecule has 2 aromatic carbocycles. The van der Waals surface area contributed by atoms with Crippen molar-refractivity contribution in [2.75, 3.05) is 20.7 Å². The highest BCUT2D eigenvalue weighted by Crippen LogP contribution is 2.32. The predicted molar refractivity (Wildman–Crippen MR) is 104 cm³/mol. The maximum absolute atomic E-state index is 13.8. The minimum atomic E-state index is -0.676. The Morgan fingerprint density at radius 2 is 1.93 bits per heavy atom. The highest BCUT2D eigenvalue weighted by molar-refractivity contribution is 6.16. The van der Waals surface area contributed by atoms with Crippen LogP contribution in [0, 0.1) is 18.6 Å². The molecule has 1 unspecified atom stereocenters. The van der Waals surface area contributed by atoms with Gasteiger partial charge in [0.1, 0.15) is 17.4 Å². The molecule has 2 aromatic rings. The number of guanidine groups is 2. The monoisotopic (exact) mass is 399 g/mol. The summed E-state index contributed by atoms with van der Waals surface area (Å²) in [6, 6.07) is 7.85. The third-order valence-electron chi connectivity index (χ3n) is 4.90. The number of nitrogens with zero attached hydrogens (tertiary/aromatic N) is 4. The summed E-state index contributed by atoms with van der Waals surface area (Å²) in [5, 5.41) is 2.73. The van der Waals surface area contributed by atoms with Crippen molar-refractivity contribution in [1.29, 1.82) is 0 Å². The van der Waals surface area contributed by atoms with E-state index in [4.69, 9.17) is 4.74 Å². The highest BCUT2D eigenvalue weighted by Gasteiger charge is 2.41. The first-order chi connectivity index (χ1) is 13.9. The molecule has 0 aliphatic carbocycles. The van der Waals surface area contributed by atoms with E-state index in [1.807, 2.05) is 19.1 Å². The molecule has 9 heteroatoms. The number of halogens is 2. The molecule has 0 spiro atoms. The van der Waals surface area contributed by atoms with E-state index in [0.717, 1.165) is 11.6 Å². The van der Waals surface area contributed by atoms with Gasteiger partial charge < -0.3 is 4.74 Å². The summed E-state index contributed by atoms with van der Waals surface area (Å²) in [5.74, 6) is -0.138. The van der Waals surface area contributed by atoms with Gasteiger partial charge in [0.2, 0.25) is 11.9 Å². The third kappa shape index (κ3) is 3.39. The number of hydrogen-bond acceptors (Lipinski definition) is 4. The van der Waals surface area contributed by atoms with E-state index in [1.165, 1.54) is 17.0 Å². The van der Waals surface area contributed by atoms with Gasteiger partial charge in [-0.25, -0.2) is 23.6 Å². The van der Waals surface area contributed by atoms with E-state index in [0.29, 0.717) is 23.0 Å². The molecular weight excluding hydrogens is 380 g/mol. The number of urea groups is 1. The number of rotatable bonds is 3. The first-order valence-electron chi connectivity index (χ1n) is 8.95. The van der Waals surface area contributed by atoms with E-state index in [9.17, 15) is 13.6 Å². The lowest BCUT2D eigenvalue weighted by Crippen LogP contribution is -2.61. The van der Waals surface area contributed by atoms with Crippen molar-refractivity contribution in [1.82, 2.24) is 15.1 Å². The standard InChI is InChI=1S/C20H19F2N5O2/c1-11-4-5-15(29-3)9-16(11)24-18-25-20(28)26(2)19-23-10-17(27(18)19)12-6-13(21)8-14(22)7-12/h4-9,17H,10H2,1-3H3,(H,24,25,28). The maximum Gasteiger partial charge on any atom is 0.330 e. The van der Waals surface area contributed by atoms with Crippen LogP contribution >= 0.6 is 0 Å². The SMILES string of the molecule is COc1ccc(C)c(N=C2NC(=O)N(C)C3=NCC(c4cc(F)cc(F)c4)N23)c1. The number of carbonyl (C=O) groups excluding carboxylic acids is 1. The fourth-order valence-corrected chi connectivity index (χ4v) is 3.36. The zero-order valence-corrected chi connectivity index (χ0v) is 16.1. The molecular formula is C20H19F2N5O2. The van der Waals surface area contributed by atoms with Crippen molar-refractivity contribution in [3.8, 4) is 5.75 Å². The lowest BCUT2D eigenvalue weighted by atomic mass is 10.1. The smallest absolute Gasteiger partial charge is 0.330 e. The van der Waals surface area contributed by atoms with E-state index in [2.05, 4.69) is 15.3 Å². The van der Waals surface area contributed by atoms with Gasteiger partial charge in [0.25, 0.3) is 0 Å². The molecule has 1 fully saturated rings. The molecule has 2 heterocycles. The van der Waals surface area contributed by atoms with Crippen molar-refractivity contribution >= 4 is 23.6 Å². The second kappa shape index (κ2) is 7.16. The second-order valence-corrected chi connectivity index (χ2v) is 6.81. The molecule has 1 saturated heterocycles. The topological polar surface area (TPSA) is 69.5 Å². The number of hydrogen-bond donors (Lipinski definition) is 1. The zero-order valence-electron chi connectivity index (χ0n) is 16.1. The number of fused-ring (bicyclic) bond motifs is 1. The van der Waals surface area contributed by atoms with E-state index in [1.54, 1.807) is 25.1 Å². The number of nitrogens with one attached hydrogen (secondary N) is 1. The fraction of sp³-hybridized carbons (Fsp3) is 0.250. The number of carbonyl (C=O) groups is 1. The number of ether oxygens (including phenoxy) is 1. The Kier molecular flexibility index (Phi) is 4.65. The van der Waals surface area contributed by atoms with Gasteiger partial charge in [0.15, 0.2) is 0 Å². The van der Waals surface area contributed by atoms with Crippen LogP contribution in [0.15, 0.2) is 46.4 Å². The molecule has 2 aliphatic rings. The summed E-state index contributed by atoms with van der Waals surface area (Å²) in [4.78, 5) is 24.4. The molecule has 29 heavy (non-hydrogen) atoms. The normalized spacial score (nSPS) is 19.9. The number of benzene rings is 2. The highest BCUT2D eigenvalue weighted by atomic mass is 19.1. The molecule has 0 bridgehead atoms. The van der Waals surface area contributed by atoms with Crippen LogP contribution < -0.4 is 10.1 Å². The zero-order chi connectivity index (χ0) is 20.7. The van der Waals surface area contributed by atoms with Crippen LogP contribution in [0.5, 0.6) is 5.75 Å². The Bertz CT molecular complexity index is 1030. The van der Waals surface area contributed by atoms with Crippen LogP contribution in [0.2, 0.25) is 0 Å². The van der Waals surface area contributed by atoms with Gasteiger partial charge in [-0.15, -0.1) is 0 Å². The molecule has 1 atom stereocenters. The molecule has 2 amide bonds. The van der Waals surface area contributed by atoms with Crippen molar-refractivity contribution in [2.24, 2.45) is 9.98 Å². The Morgan fingerprint density at radius 3 is 2.62 bits per heavy atom. The number of aryl methyl sites for hydroxylation is 1. The quantitative estimate of drug-likeness (QED) is 0.861. The third-order valence-corrected chi connectivity index (χ3v) is 4.90. The fourth-order valence-electron chi connectivity index (χ4n) is 3.36. The van der Waals surface area contributed by atoms with Gasteiger partial charge in [0.05, 0.1) is 25.4 Å². The summed E-state index contributed by atoms with van der Waals surface area (Å²) in [6.07, 6.45) is 0. The average Bonchev–Trinajstić information content (AvgIpc) is 3.12. The van der Waals surface area contributed by atoms with E-state index < -0.39 is 23.7 Å². The molecule has 0 aromatic heterocycles. The minimum Gasteiger partial charge on any atom is -0.497 e. The van der Waals surface area contributed by atoms with Gasteiger partial charge in [-0.05, 0) is 36.2 Å². The van der Waals surface area contributed by atoms with Crippen molar-refractivity contribution < 1.29 is 18.3 Å². The first kappa shape index (κ1) is 18.9. The first-order valence-corrected chi connectivity index (χ1v) is 8.95. The van der Waals surface area contributed by atoms with Crippen LogP contribution in [-0.2, 0) is 0 Å². The summed E-state index contributed by atoms with van der Waals surface area (Å²) in [6.45, 7) is 2.11. The average molecular weight is 399 g/mol. The molecule has 4 rings (SSSR count). The molecule has 1 N–H and O–H groups in total. The second-order valence-electron chi connectivity index (χ2n) is 6.81. The number of methoxy groups -OCH3 is 1. The van der Waals surface area contributed by atoms with Crippen molar-refractivity contribution in [2.45, 2.75) is 13.0 Å². The lowest BCUT2D eigenvalue weighted by molar-refractivity contribution is 0.222. The number of aliphatic imine (C=N–C) groups is 2. The largest absolute Gasteiger partial charge is 0.497 e. The van der Waals surface area contributed by atoms with Crippen LogP contribution in [0.3, 0.4) is 0 Å². The molecule has 0 saturated carbocycles. The van der Waals surface area contributed by atoms with Crippen LogP contribution in [0.1, 0.15) is 17.2 Å². The Labute approximate surface area is 166 Å². The lowest BCUT2D eigenvalue weighted by Gasteiger charge is -2.36. The van der Waals surface area contributed by atoms with Gasteiger partial charge >= 0.3 is 6.03 Å². The molecule has 7 nitrogen and oxygen atoms in total. The predicted octanol–water partition coefficient (Wildman–Crippen LogP) is 3.34. The van der Waals surface area contributed by atoms with Crippen molar-refractivity contribution in [3.05, 3.63) is 59.2 Å². The van der Waals surface area contributed by atoms with E-state index in [-0.39, 0.29) is 12.5 Å². The summed E-state index contributed by atoms with van der Waals surface area (Å²) >= 11 is 0. The van der Waals surface area contributed by atoms with Crippen LogP contribution in [-0.4, -0.2) is 48.5 Å². The molecule has 150 valence electrons. The van der Waals surface area contributed by atoms with Crippen LogP contribution in [0.25, 0.3) is 0 Å². The van der Waals surface area contributed by atoms with Crippen molar-refractivity contribution in [3.63, 3.8) is 0 Å². The minimum absolute atomic E-state index is 0.230. The van der Waals surface area contributed by atoms with Gasteiger partial charge in [-0.1, -0.05) is 6.07 Å². The maximum atomic E-state index is 13.8.